The van der Waals surface area contributed by atoms with Gasteiger partial charge in [-0.05, 0) is 51.5 Å². The number of anilines is 1. The molecule has 0 aromatic heterocycles. The number of sulfonamides is 1. The van der Waals surface area contributed by atoms with Gasteiger partial charge < -0.3 is 10.1 Å². The highest BCUT2D eigenvalue weighted by Crippen LogP contribution is 2.22. The van der Waals surface area contributed by atoms with E-state index >= 15 is 0 Å². The largest absolute Gasteiger partial charge is 0.379 e. The number of hydrogen-bond donors (Lipinski definition) is 1. The van der Waals surface area contributed by atoms with Gasteiger partial charge in [0.15, 0.2) is 0 Å². The second-order valence-corrected chi connectivity index (χ2v) is 8.07. The molecule has 8 heteroatoms. The van der Waals surface area contributed by atoms with E-state index in [2.05, 4.69) is 5.32 Å². The first-order valence-electron chi connectivity index (χ1n) is 7.77. The summed E-state index contributed by atoms with van der Waals surface area (Å²) in [5.41, 5.74) is 0.396. The number of carbonyl (C=O) groups is 1. The molecule has 136 valence electrons. The Balaban J connectivity index is 2.73. The summed E-state index contributed by atoms with van der Waals surface area (Å²) in [5.74, 6) is -0.361. The molecular weight excluding hydrogens is 352 g/mol. The Bertz CT molecular complexity index is 632. The molecule has 0 saturated carbocycles. The molecule has 0 saturated heterocycles. The van der Waals surface area contributed by atoms with E-state index in [9.17, 15) is 13.2 Å². The second kappa shape index (κ2) is 9.25. The molecule has 0 heterocycles. The summed E-state index contributed by atoms with van der Waals surface area (Å²) in [5, 5.41) is 3.23. The SMILES string of the molecule is CC(C)OCCCNC(=O)C(C)N(c1ccc(Cl)cc1)S(C)(=O)=O. The zero-order valence-corrected chi connectivity index (χ0v) is 16.0. The topological polar surface area (TPSA) is 75.7 Å². The Morgan fingerprint density at radius 2 is 1.83 bits per heavy atom. The molecule has 0 aliphatic rings. The van der Waals surface area contributed by atoms with Crippen molar-refractivity contribution in [1.82, 2.24) is 5.32 Å². The minimum Gasteiger partial charge on any atom is -0.379 e. The fraction of sp³-hybridized carbons (Fsp3) is 0.562. The Kier molecular flexibility index (Phi) is 7.99. The molecule has 1 rings (SSSR count). The summed E-state index contributed by atoms with van der Waals surface area (Å²) >= 11 is 5.83. The third-order valence-corrected chi connectivity index (χ3v) is 4.73. The van der Waals surface area contributed by atoms with Gasteiger partial charge in [0.25, 0.3) is 0 Å². The Hall–Kier alpha value is -1.31. The molecule has 1 amide bonds. The molecule has 0 spiro atoms. The van der Waals surface area contributed by atoms with Crippen LogP contribution in [0.1, 0.15) is 27.2 Å². The van der Waals surface area contributed by atoms with Crippen LogP contribution < -0.4 is 9.62 Å². The summed E-state index contributed by atoms with van der Waals surface area (Å²) in [6.07, 6.45) is 1.88. The number of ether oxygens (including phenoxy) is 1. The van der Waals surface area contributed by atoms with Gasteiger partial charge in [0.05, 0.1) is 18.0 Å². The first-order valence-corrected chi connectivity index (χ1v) is 10.00. The molecule has 0 aliphatic carbocycles. The average molecular weight is 377 g/mol. The van der Waals surface area contributed by atoms with Gasteiger partial charge in [-0.15, -0.1) is 0 Å². The van der Waals surface area contributed by atoms with Gasteiger partial charge in [0.2, 0.25) is 15.9 Å². The fourth-order valence-corrected chi connectivity index (χ4v) is 3.45. The molecular formula is C16H25ClN2O4S. The number of halogens is 1. The fourth-order valence-electron chi connectivity index (χ4n) is 2.15. The number of rotatable bonds is 9. The van der Waals surface area contributed by atoms with E-state index in [-0.39, 0.29) is 12.0 Å². The molecule has 6 nitrogen and oxygen atoms in total. The molecule has 0 bridgehead atoms. The molecule has 1 N–H and O–H groups in total. The van der Waals surface area contributed by atoms with Gasteiger partial charge in [0, 0.05) is 18.2 Å². The van der Waals surface area contributed by atoms with Gasteiger partial charge in [-0.2, -0.15) is 0 Å². The van der Waals surface area contributed by atoms with Crippen molar-refractivity contribution in [2.24, 2.45) is 0 Å². The number of hydrogen-bond acceptors (Lipinski definition) is 4. The van der Waals surface area contributed by atoms with Crippen LogP contribution in [0.15, 0.2) is 24.3 Å². The third kappa shape index (κ3) is 6.67. The number of benzene rings is 1. The smallest absolute Gasteiger partial charge is 0.243 e. The minimum absolute atomic E-state index is 0.144. The Morgan fingerprint density at radius 1 is 1.25 bits per heavy atom. The molecule has 1 aromatic carbocycles. The maximum Gasteiger partial charge on any atom is 0.243 e. The standard InChI is InChI=1S/C16H25ClN2O4S/c1-12(2)23-11-5-10-18-16(20)13(3)19(24(4,21)22)15-8-6-14(17)7-9-15/h6-9,12-13H,5,10-11H2,1-4H3,(H,18,20). The quantitative estimate of drug-likeness (QED) is 0.671. The molecule has 1 unspecified atom stereocenters. The number of nitrogens with zero attached hydrogens (tertiary/aromatic N) is 1. The van der Waals surface area contributed by atoms with E-state index in [0.29, 0.717) is 30.3 Å². The lowest BCUT2D eigenvalue weighted by Gasteiger charge is -2.28. The van der Waals surface area contributed by atoms with E-state index in [4.69, 9.17) is 16.3 Å². The normalized spacial score (nSPS) is 12.9. The van der Waals surface area contributed by atoms with Crippen molar-refractivity contribution in [2.45, 2.75) is 39.3 Å². The number of amides is 1. The predicted octanol–water partition coefficient (Wildman–Crippen LogP) is 2.43. The van der Waals surface area contributed by atoms with Crippen LogP contribution in [0, 0.1) is 0 Å². The summed E-state index contributed by atoms with van der Waals surface area (Å²) < 4.78 is 30.7. The number of carbonyl (C=O) groups excluding carboxylic acids is 1. The molecule has 1 aromatic rings. The molecule has 24 heavy (non-hydrogen) atoms. The lowest BCUT2D eigenvalue weighted by molar-refractivity contribution is -0.121. The van der Waals surface area contributed by atoms with Crippen LogP contribution in [0.2, 0.25) is 5.02 Å². The third-order valence-electron chi connectivity index (χ3n) is 3.24. The van der Waals surface area contributed by atoms with Gasteiger partial charge >= 0.3 is 0 Å². The van der Waals surface area contributed by atoms with E-state index in [1.165, 1.54) is 0 Å². The van der Waals surface area contributed by atoms with Gasteiger partial charge in [0.1, 0.15) is 6.04 Å². The van der Waals surface area contributed by atoms with Crippen LogP contribution in [0.3, 0.4) is 0 Å². The van der Waals surface area contributed by atoms with Crippen molar-refractivity contribution in [3.8, 4) is 0 Å². The van der Waals surface area contributed by atoms with E-state index in [1.54, 1.807) is 31.2 Å². The predicted molar refractivity (Wildman–Crippen MR) is 97.0 cm³/mol. The molecule has 1 atom stereocenters. The number of nitrogens with one attached hydrogen (secondary N) is 1. The van der Waals surface area contributed by atoms with Gasteiger partial charge in [-0.1, -0.05) is 11.6 Å². The summed E-state index contributed by atoms with van der Waals surface area (Å²) in [4.78, 5) is 12.3. The maximum atomic E-state index is 12.3. The van der Waals surface area contributed by atoms with Crippen LogP contribution in [-0.4, -0.2) is 45.9 Å². The van der Waals surface area contributed by atoms with Crippen LogP contribution >= 0.6 is 11.6 Å². The minimum atomic E-state index is -3.62. The zero-order valence-electron chi connectivity index (χ0n) is 14.5. The Labute approximate surface area is 149 Å². The first kappa shape index (κ1) is 20.7. The van der Waals surface area contributed by atoms with Crippen molar-refractivity contribution < 1.29 is 17.9 Å². The Morgan fingerprint density at radius 3 is 2.33 bits per heavy atom. The van der Waals surface area contributed by atoms with Crippen LogP contribution in [0.4, 0.5) is 5.69 Å². The van der Waals surface area contributed by atoms with Crippen LogP contribution in [0.25, 0.3) is 0 Å². The summed E-state index contributed by atoms with van der Waals surface area (Å²) in [6, 6.07) is 5.45. The van der Waals surface area contributed by atoms with Crippen molar-refractivity contribution in [3.63, 3.8) is 0 Å². The maximum absolute atomic E-state index is 12.3. The highest BCUT2D eigenvalue weighted by molar-refractivity contribution is 7.92. The zero-order chi connectivity index (χ0) is 18.3. The highest BCUT2D eigenvalue weighted by atomic mass is 35.5. The average Bonchev–Trinajstić information content (AvgIpc) is 2.47. The van der Waals surface area contributed by atoms with E-state index in [1.807, 2.05) is 13.8 Å². The van der Waals surface area contributed by atoms with Crippen LogP contribution in [0.5, 0.6) is 0 Å². The molecule has 0 aliphatic heterocycles. The van der Waals surface area contributed by atoms with Crippen molar-refractivity contribution in [2.75, 3.05) is 23.7 Å². The second-order valence-electron chi connectivity index (χ2n) is 5.78. The molecule has 0 radical (unpaired) electrons. The first-order chi connectivity index (χ1) is 11.1. The van der Waals surface area contributed by atoms with Crippen LogP contribution in [-0.2, 0) is 19.6 Å². The lowest BCUT2D eigenvalue weighted by atomic mass is 10.2. The van der Waals surface area contributed by atoms with E-state index < -0.39 is 16.1 Å². The summed E-state index contributed by atoms with van der Waals surface area (Å²) in [6.45, 7) is 6.40. The van der Waals surface area contributed by atoms with Crippen molar-refractivity contribution >= 4 is 33.2 Å². The summed E-state index contributed by atoms with van der Waals surface area (Å²) in [7, 11) is -3.62. The monoisotopic (exact) mass is 376 g/mol. The van der Waals surface area contributed by atoms with Crippen molar-refractivity contribution in [3.05, 3.63) is 29.3 Å². The van der Waals surface area contributed by atoms with Gasteiger partial charge in [-0.25, -0.2) is 8.42 Å². The van der Waals surface area contributed by atoms with Gasteiger partial charge in [-0.3, -0.25) is 9.10 Å². The highest BCUT2D eigenvalue weighted by Gasteiger charge is 2.28. The van der Waals surface area contributed by atoms with Crippen molar-refractivity contribution in [1.29, 1.82) is 0 Å². The molecule has 0 fully saturated rings. The van der Waals surface area contributed by atoms with E-state index in [0.717, 1.165) is 10.6 Å². The lowest BCUT2D eigenvalue weighted by Crippen LogP contribution is -2.48.